The highest BCUT2D eigenvalue weighted by Gasteiger charge is 1.99. The zero-order valence-corrected chi connectivity index (χ0v) is 8.37. The fourth-order valence-electron chi connectivity index (χ4n) is 0.802. The summed E-state index contributed by atoms with van der Waals surface area (Å²) in [6.45, 7) is 0. The van der Waals surface area contributed by atoms with Gasteiger partial charge in [-0.3, -0.25) is 9.59 Å². The van der Waals surface area contributed by atoms with Crippen LogP contribution in [0.5, 0.6) is 0 Å². The van der Waals surface area contributed by atoms with Crippen LogP contribution in [0.4, 0.5) is 0 Å². The molecule has 0 atom stereocenters. The average molecular weight is 202 g/mol. The number of hydrogen-bond donors (Lipinski definition) is 2. The van der Waals surface area contributed by atoms with Gasteiger partial charge in [-0.25, -0.2) is 0 Å². The van der Waals surface area contributed by atoms with Crippen LogP contribution in [0.3, 0.4) is 0 Å². The van der Waals surface area contributed by atoms with Gasteiger partial charge in [0.05, 0.1) is 0 Å². The summed E-state index contributed by atoms with van der Waals surface area (Å²) in [6, 6.07) is 0. The van der Waals surface area contributed by atoms with Crippen LogP contribution in [0.25, 0.3) is 0 Å². The second-order valence-corrected chi connectivity index (χ2v) is 3.41. The Bertz CT molecular complexity index is 153. The number of unbranched alkanes of at least 4 members (excludes halogenated alkanes) is 1. The predicted molar refractivity (Wildman–Crippen MR) is 52.2 cm³/mol. The summed E-state index contributed by atoms with van der Waals surface area (Å²) < 4.78 is 0. The van der Waals surface area contributed by atoms with Gasteiger partial charge < -0.3 is 10.2 Å². The van der Waals surface area contributed by atoms with E-state index in [0.717, 1.165) is 0 Å². The molecule has 2 N–H and O–H groups in total. The fraction of sp³-hybridized carbons (Fsp3) is 0.800. The van der Waals surface area contributed by atoms with Gasteiger partial charge in [-0.05, 0) is 12.8 Å². The molecule has 0 aromatic heterocycles. The van der Waals surface area contributed by atoms with Gasteiger partial charge in [0.25, 0.3) is 0 Å². The molecule has 14 heavy (non-hydrogen) atoms. The van der Waals surface area contributed by atoms with Crippen molar-refractivity contribution in [3.63, 3.8) is 0 Å². The first-order valence-corrected chi connectivity index (χ1v) is 5.06. The first kappa shape index (κ1) is 12.9. The van der Waals surface area contributed by atoms with Crippen molar-refractivity contribution in [2.24, 2.45) is 0 Å². The summed E-state index contributed by atoms with van der Waals surface area (Å²) in [5.41, 5.74) is 0. The van der Waals surface area contributed by atoms with Gasteiger partial charge in [0.2, 0.25) is 0 Å². The van der Waals surface area contributed by atoms with Gasteiger partial charge in [-0.15, -0.1) is 0 Å². The zero-order chi connectivity index (χ0) is 10.8. The standard InChI is InChI=1S/C6H10O4.C4H8/c7-5(8)3-1-2-4-6(9)10;1-2-4-3-1/h1-4H2,(H,7,8)(H,9,10);1-4H2. The minimum atomic E-state index is -0.870. The highest BCUT2D eigenvalue weighted by atomic mass is 16.4. The summed E-state index contributed by atoms with van der Waals surface area (Å²) in [5, 5.41) is 16.3. The largest absolute Gasteiger partial charge is 0.481 e. The SMILES string of the molecule is C1CCC1.O=C(O)CCCCC(=O)O. The molecule has 82 valence electrons. The maximum Gasteiger partial charge on any atom is 0.303 e. The van der Waals surface area contributed by atoms with Crippen molar-refractivity contribution in [2.45, 2.75) is 51.4 Å². The number of carbonyl (C=O) groups is 2. The van der Waals surface area contributed by atoms with E-state index in [0.29, 0.717) is 12.8 Å². The van der Waals surface area contributed by atoms with Crippen molar-refractivity contribution in [1.29, 1.82) is 0 Å². The molecule has 0 unspecified atom stereocenters. The molecule has 1 saturated carbocycles. The Morgan fingerprint density at radius 2 is 1.07 bits per heavy atom. The fourth-order valence-corrected chi connectivity index (χ4v) is 0.802. The molecule has 0 aliphatic heterocycles. The second kappa shape index (κ2) is 8.53. The van der Waals surface area contributed by atoms with Crippen molar-refractivity contribution < 1.29 is 19.8 Å². The third-order valence-electron chi connectivity index (χ3n) is 2.03. The number of hydrogen-bond acceptors (Lipinski definition) is 2. The quantitative estimate of drug-likeness (QED) is 0.670. The number of carboxylic acids is 2. The minimum absolute atomic E-state index is 0.0628. The van der Waals surface area contributed by atoms with Crippen molar-refractivity contribution >= 4 is 11.9 Å². The molecule has 0 radical (unpaired) electrons. The first-order chi connectivity index (χ1) is 6.63. The van der Waals surface area contributed by atoms with E-state index in [-0.39, 0.29) is 12.8 Å². The van der Waals surface area contributed by atoms with Crippen LogP contribution in [-0.2, 0) is 9.59 Å². The summed E-state index contributed by atoms with van der Waals surface area (Å²) in [5.74, 6) is -1.74. The lowest BCUT2D eigenvalue weighted by Crippen LogP contribution is -1.97. The molecular weight excluding hydrogens is 184 g/mol. The lowest BCUT2D eigenvalue weighted by atomic mass is 10.0. The van der Waals surface area contributed by atoms with Crippen LogP contribution in [0.15, 0.2) is 0 Å². The Hall–Kier alpha value is -1.06. The number of rotatable bonds is 5. The maximum absolute atomic E-state index is 9.90. The summed E-state index contributed by atoms with van der Waals surface area (Å²) in [4.78, 5) is 19.8. The minimum Gasteiger partial charge on any atom is -0.481 e. The van der Waals surface area contributed by atoms with Crippen LogP contribution in [0.2, 0.25) is 0 Å². The molecule has 0 aromatic rings. The van der Waals surface area contributed by atoms with E-state index in [2.05, 4.69) is 0 Å². The van der Waals surface area contributed by atoms with E-state index in [1.54, 1.807) is 0 Å². The van der Waals surface area contributed by atoms with Gasteiger partial charge in [0.1, 0.15) is 0 Å². The van der Waals surface area contributed by atoms with E-state index in [1.165, 1.54) is 25.7 Å². The molecule has 0 spiro atoms. The molecule has 0 heterocycles. The first-order valence-electron chi connectivity index (χ1n) is 5.06. The molecule has 0 amide bonds. The Balaban J connectivity index is 0.000000344. The lowest BCUT2D eigenvalue weighted by Gasteiger charge is -2.05. The topological polar surface area (TPSA) is 74.6 Å². The molecule has 4 nitrogen and oxygen atoms in total. The molecule has 0 bridgehead atoms. The monoisotopic (exact) mass is 202 g/mol. The summed E-state index contributed by atoms with van der Waals surface area (Å²) >= 11 is 0. The summed E-state index contributed by atoms with van der Waals surface area (Å²) in [6.07, 6.45) is 7.02. The third kappa shape index (κ3) is 10.9. The average Bonchev–Trinajstić information content (AvgIpc) is 1.94. The Morgan fingerprint density at radius 3 is 1.21 bits per heavy atom. The van der Waals surface area contributed by atoms with Crippen LogP contribution in [-0.4, -0.2) is 22.2 Å². The van der Waals surface area contributed by atoms with E-state index < -0.39 is 11.9 Å². The van der Waals surface area contributed by atoms with Gasteiger partial charge in [-0.1, -0.05) is 25.7 Å². The summed E-state index contributed by atoms with van der Waals surface area (Å²) in [7, 11) is 0. The Labute approximate surface area is 83.9 Å². The van der Waals surface area contributed by atoms with Gasteiger partial charge in [-0.2, -0.15) is 0 Å². The van der Waals surface area contributed by atoms with Crippen LogP contribution < -0.4 is 0 Å². The smallest absolute Gasteiger partial charge is 0.303 e. The molecule has 1 fully saturated rings. The highest BCUT2D eigenvalue weighted by Crippen LogP contribution is 2.15. The van der Waals surface area contributed by atoms with Crippen molar-refractivity contribution in [3.8, 4) is 0 Å². The molecule has 1 aliphatic carbocycles. The maximum atomic E-state index is 9.90. The van der Waals surface area contributed by atoms with Gasteiger partial charge in [0, 0.05) is 12.8 Å². The molecule has 0 saturated heterocycles. The van der Waals surface area contributed by atoms with E-state index in [9.17, 15) is 9.59 Å². The van der Waals surface area contributed by atoms with Crippen LogP contribution in [0, 0.1) is 0 Å². The van der Waals surface area contributed by atoms with E-state index in [4.69, 9.17) is 10.2 Å². The van der Waals surface area contributed by atoms with Crippen LogP contribution in [0.1, 0.15) is 51.4 Å². The van der Waals surface area contributed by atoms with Crippen LogP contribution >= 0.6 is 0 Å². The molecular formula is C10H18O4. The highest BCUT2D eigenvalue weighted by molar-refractivity contribution is 5.67. The van der Waals surface area contributed by atoms with E-state index in [1.807, 2.05) is 0 Å². The van der Waals surface area contributed by atoms with Crippen molar-refractivity contribution in [2.75, 3.05) is 0 Å². The van der Waals surface area contributed by atoms with Crippen molar-refractivity contribution in [1.82, 2.24) is 0 Å². The van der Waals surface area contributed by atoms with Crippen molar-refractivity contribution in [3.05, 3.63) is 0 Å². The van der Waals surface area contributed by atoms with E-state index >= 15 is 0 Å². The molecule has 4 heteroatoms. The zero-order valence-electron chi connectivity index (χ0n) is 8.37. The van der Waals surface area contributed by atoms with Gasteiger partial charge in [0.15, 0.2) is 0 Å². The molecule has 1 rings (SSSR count). The Kier molecular flexibility index (Phi) is 7.89. The molecule has 1 aliphatic rings. The lowest BCUT2D eigenvalue weighted by molar-refractivity contribution is -0.139. The Morgan fingerprint density at radius 1 is 0.786 bits per heavy atom. The third-order valence-corrected chi connectivity index (χ3v) is 2.03. The normalized spacial score (nSPS) is 13.4. The second-order valence-electron chi connectivity index (χ2n) is 3.41. The number of aliphatic carboxylic acids is 2. The predicted octanol–water partition coefficient (Wildman–Crippen LogP) is 2.28. The number of carboxylic acid groups (broad SMARTS) is 2. The van der Waals surface area contributed by atoms with Gasteiger partial charge >= 0.3 is 11.9 Å². The molecule has 0 aromatic carbocycles.